The molecule has 0 saturated heterocycles. The summed E-state index contributed by atoms with van der Waals surface area (Å²) in [5.41, 5.74) is 7.35. The van der Waals surface area contributed by atoms with Crippen LogP contribution in [0, 0.1) is 5.82 Å². The van der Waals surface area contributed by atoms with Crippen molar-refractivity contribution in [3.63, 3.8) is 0 Å². The van der Waals surface area contributed by atoms with Crippen molar-refractivity contribution in [3.8, 4) is 5.75 Å². The van der Waals surface area contributed by atoms with E-state index < -0.39 is 0 Å². The number of hydrogen-bond acceptors (Lipinski definition) is 3. The van der Waals surface area contributed by atoms with Gasteiger partial charge >= 0.3 is 0 Å². The van der Waals surface area contributed by atoms with E-state index in [2.05, 4.69) is 5.32 Å². The van der Waals surface area contributed by atoms with E-state index in [9.17, 15) is 4.39 Å². The van der Waals surface area contributed by atoms with Crippen molar-refractivity contribution in [2.24, 2.45) is 5.73 Å². The van der Waals surface area contributed by atoms with Crippen molar-refractivity contribution in [3.05, 3.63) is 59.9 Å². The minimum absolute atomic E-state index is 0.249. The Kier molecular flexibility index (Phi) is 4.75. The summed E-state index contributed by atoms with van der Waals surface area (Å²) in [5.74, 6) is 0.547. The Balaban J connectivity index is 1.77. The standard InChI is InChI=1S/C15H17FN2O/c16-13-4-2-5-14(10-13)18-7-8-19-15-6-1-3-12(9-15)11-17/h1-6,9-10,18H,7-8,11,17H2. The average molecular weight is 260 g/mol. The fourth-order valence-electron chi connectivity index (χ4n) is 1.72. The summed E-state index contributed by atoms with van der Waals surface area (Å²) in [4.78, 5) is 0. The first-order chi connectivity index (χ1) is 9.28. The number of rotatable bonds is 6. The lowest BCUT2D eigenvalue weighted by atomic mass is 10.2. The molecule has 0 aliphatic rings. The Morgan fingerprint density at radius 1 is 1.11 bits per heavy atom. The molecule has 4 heteroatoms. The fraction of sp³-hybridized carbons (Fsp3) is 0.200. The van der Waals surface area contributed by atoms with Crippen LogP contribution < -0.4 is 15.8 Å². The van der Waals surface area contributed by atoms with Gasteiger partial charge in [0.05, 0.1) is 0 Å². The van der Waals surface area contributed by atoms with Crippen LogP contribution in [-0.4, -0.2) is 13.2 Å². The summed E-state index contributed by atoms with van der Waals surface area (Å²) in [7, 11) is 0. The van der Waals surface area contributed by atoms with E-state index in [1.807, 2.05) is 30.3 Å². The summed E-state index contributed by atoms with van der Waals surface area (Å²) in [6.07, 6.45) is 0. The Hall–Kier alpha value is -2.07. The van der Waals surface area contributed by atoms with Crippen molar-refractivity contribution in [2.45, 2.75) is 6.54 Å². The van der Waals surface area contributed by atoms with Gasteiger partial charge < -0.3 is 15.8 Å². The predicted molar refractivity (Wildman–Crippen MR) is 74.7 cm³/mol. The second-order valence-corrected chi connectivity index (χ2v) is 4.14. The molecule has 2 aromatic rings. The van der Waals surface area contributed by atoms with Gasteiger partial charge in [-0.1, -0.05) is 18.2 Å². The molecule has 0 aliphatic carbocycles. The zero-order valence-electron chi connectivity index (χ0n) is 10.6. The maximum atomic E-state index is 12.9. The first-order valence-electron chi connectivity index (χ1n) is 6.19. The van der Waals surface area contributed by atoms with E-state index in [4.69, 9.17) is 10.5 Å². The highest BCUT2D eigenvalue weighted by Crippen LogP contribution is 2.13. The lowest BCUT2D eigenvalue weighted by Gasteiger charge is -2.09. The lowest BCUT2D eigenvalue weighted by molar-refractivity contribution is 0.332. The van der Waals surface area contributed by atoms with Crippen LogP contribution in [0.25, 0.3) is 0 Å². The fourth-order valence-corrected chi connectivity index (χ4v) is 1.72. The van der Waals surface area contributed by atoms with Crippen LogP contribution in [0.2, 0.25) is 0 Å². The van der Waals surface area contributed by atoms with Crippen LogP contribution in [0.1, 0.15) is 5.56 Å². The third-order valence-electron chi connectivity index (χ3n) is 2.66. The molecule has 100 valence electrons. The van der Waals surface area contributed by atoms with Crippen molar-refractivity contribution >= 4 is 5.69 Å². The molecule has 0 radical (unpaired) electrons. The minimum atomic E-state index is -0.249. The molecule has 3 N–H and O–H groups in total. The molecule has 0 bridgehead atoms. The number of anilines is 1. The number of nitrogens with one attached hydrogen (secondary N) is 1. The van der Waals surface area contributed by atoms with E-state index in [0.29, 0.717) is 19.7 Å². The third-order valence-corrected chi connectivity index (χ3v) is 2.66. The molecule has 0 heterocycles. The second kappa shape index (κ2) is 6.75. The first-order valence-corrected chi connectivity index (χ1v) is 6.19. The van der Waals surface area contributed by atoms with Crippen molar-refractivity contribution in [1.82, 2.24) is 0 Å². The van der Waals surface area contributed by atoms with Gasteiger partial charge in [0.15, 0.2) is 0 Å². The van der Waals surface area contributed by atoms with E-state index in [1.165, 1.54) is 12.1 Å². The Morgan fingerprint density at radius 2 is 1.95 bits per heavy atom. The maximum absolute atomic E-state index is 12.9. The SMILES string of the molecule is NCc1cccc(OCCNc2cccc(F)c2)c1. The van der Waals surface area contributed by atoms with Crippen LogP contribution >= 0.6 is 0 Å². The molecule has 0 spiro atoms. The van der Waals surface area contributed by atoms with E-state index >= 15 is 0 Å². The van der Waals surface area contributed by atoms with Gasteiger partial charge in [-0.3, -0.25) is 0 Å². The van der Waals surface area contributed by atoms with Gasteiger partial charge in [0.25, 0.3) is 0 Å². The minimum Gasteiger partial charge on any atom is -0.492 e. The summed E-state index contributed by atoms with van der Waals surface area (Å²) in [5, 5.41) is 3.09. The number of benzene rings is 2. The van der Waals surface area contributed by atoms with E-state index in [1.54, 1.807) is 6.07 Å². The first kappa shape index (κ1) is 13.4. The molecular formula is C15H17FN2O. The Labute approximate surface area is 112 Å². The largest absolute Gasteiger partial charge is 0.492 e. The number of halogens is 1. The lowest BCUT2D eigenvalue weighted by Crippen LogP contribution is -2.11. The monoisotopic (exact) mass is 260 g/mol. The maximum Gasteiger partial charge on any atom is 0.125 e. The Morgan fingerprint density at radius 3 is 2.74 bits per heavy atom. The highest BCUT2D eigenvalue weighted by atomic mass is 19.1. The van der Waals surface area contributed by atoms with Crippen LogP contribution in [0.5, 0.6) is 5.75 Å². The number of ether oxygens (including phenoxy) is 1. The van der Waals surface area contributed by atoms with Crippen LogP contribution in [-0.2, 0) is 6.54 Å². The number of nitrogens with two attached hydrogens (primary N) is 1. The molecule has 0 aromatic heterocycles. The van der Waals surface area contributed by atoms with Crippen molar-refractivity contribution in [2.75, 3.05) is 18.5 Å². The molecule has 0 atom stereocenters. The van der Waals surface area contributed by atoms with Gasteiger partial charge in [-0.25, -0.2) is 4.39 Å². The van der Waals surface area contributed by atoms with Gasteiger partial charge in [0.2, 0.25) is 0 Å². The van der Waals surface area contributed by atoms with Gasteiger partial charge in [-0.15, -0.1) is 0 Å². The third kappa shape index (κ3) is 4.26. The normalized spacial score (nSPS) is 10.2. The highest BCUT2D eigenvalue weighted by Gasteiger charge is 1.97. The smallest absolute Gasteiger partial charge is 0.125 e. The topological polar surface area (TPSA) is 47.3 Å². The highest BCUT2D eigenvalue weighted by molar-refractivity contribution is 5.42. The van der Waals surface area contributed by atoms with Gasteiger partial charge in [0.1, 0.15) is 18.2 Å². The summed E-state index contributed by atoms with van der Waals surface area (Å²) >= 11 is 0. The molecular weight excluding hydrogens is 243 g/mol. The summed E-state index contributed by atoms with van der Waals surface area (Å²) in [6.45, 7) is 1.61. The van der Waals surface area contributed by atoms with Crippen molar-refractivity contribution < 1.29 is 9.13 Å². The molecule has 0 aliphatic heterocycles. The summed E-state index contributed by atoms with van der Waals surface area (Å²) in [6, 6.07) is 14.0. The Bertz CT molecular complexity index is 531. The van der Waals surface area contributed by atoms with Crippen LogP contribution in [0.4, 0.5) is 10.1 Å². The molecule has 19 heavy (non-hydrogen) atoms. The van der Waals surface area contributed by atoms with E-state index in [0.717, 1.165) is 17.0 Å². The molecule has 0 saturated carbocycles. The van der Waals surface area contributed by atoms with Gasteiger partial charge in [0, 0.05) is 18.8 Å². The molecule has 2 rings (SSSR count). The van der Waals surface area contributed by atoms with Crippen molar-refractivity contribution in [1.29, 1.82) is 0 Å². The molecule has 0 unspecified atom stereocenters. The predicted octanol–water partition coefficient (Wildman–Crippen LogP) is 2.78. The molecule has 0 amide bonds. The molecule has 0 fully saturated rings. The molecule has 3 nitrogen and oxygen atoms in total. The summed E-state index contributed by atoms with van der Waals surface area (Å²) < 4.78 is 18.5. The van der Waals surface area contributed by atoms with Crippen LogP contribution in [0.3, 0.4) is 0 Å². The second-order valence-electron chi connectivity index (χ2n) is 4.14. The van der Waals surface area contributed by atoms with Gasteiger partial charge in [-0.2, -0.15) is 0 Å². The zero-order valence-corrected chi connectivity index (χ0v) is 10.6. The van der Waals surface area contributed by atoms with E-state index in [-0.39, 0.29) is 5.82 Å². The zero-order chi connectivity index (χ0) is 13.5. The van der Waals surface area contributed by atoms with Gasteiger partial charge in [-0.05, 0) is 35.9 Å². The quantitative estimate of drug-likeness (QED) is 0.785. The number of hydrogen-bond donors (Lipinski definition) is 2. The van der Waals surface area contributed by atoms with Crippen LogP contribution in [0.15, 0.2) is 48.5 Å². The average Bonchev–Trinajstić information content (AvgIpc) is 2.44. The molecule has 2 aromatic carbocycles.